The van der Waals surface area contributed by atoms with Crippen LogP contribution in [0.25, 0.3) is 0 Å². The SMILES string of the molecule is CC=C(CC[C@@H](C)[C@H]1CC[C@H]2C3=CCC4CC(OC(=O)CCC(C)CCCCC=CCC=CCCCCC)CC[C@]4(C)[C@H]3CC[C@]12C)C(C)C. The van der Waals surface area contributed by atoms with Gasteiger partial charge in [-0.3, -0.25) is 4.79 Å². The van der Waals surface area contributed by atoms with Gasteiger partial charge in [0.2, 0.25) is 0 Å². The molecule has 4 rings (SSSR count). The van der Waals surface area contributed by atoms with Gasteiger partial charge in [0.05, 0.1) is 0 Å². The average Bonchev–Trinajstić information content (AvgIpc) is 3.45. The van der Waals surface area contributed by atoms with E-state index >= 15 is 0 Å². The first-order valence-corrected chi connectivity index (χ1v) is 21.9. The molecule has 0 aromatic carbocycles. The van der Waals surface area contributed by atoms with Crippen molar-refractivity contribution >= 4 is 5.97 Å². The number of allylic oxidation sites excluding steroid dienone is 8. The van der Waals surface area contributed by atoms with Crippen LogP contribution in [0.15, 0.2) is 47.6 Å². The van der Waals surface area contributed by atoms with Gasteiger partial charge in [0.25, 0.3) is 0 Å². The highest BCUT2D eigenvalue weighted by atomic mass is 16.5. The lowest BCUT2D eigenvalue weighted by Gasteiger charge is -2.58. The first kappa shape index (κ1) is 41.2. The Kier molecular flexibility index (Phi) is 16.5. The van der Waals surface area contributed by atoms with Crippen LogP contribution in [-0.2, 0) is 9.53 Å². The van der Waals surface area contributed by atoms with Crippen LogP contribution in [0.5, 0.6) is 0 Å². The van der Waals surface area contributed by atoms with Gasteiger partial charge < -0.3 is 4.74 Å². The van der Waals surface area contributed by atoms with E-state index in [2.05, 4.69) is 91.8 Å². The van der Waals surface area contributed by atoms with Crippen LogP contribution in [0.4, 0.5) is 0 Å². The van der Waals surface area contributed by atoms with Gasteiger partial charge in [-0.2, -0.15) is 0 Å². The average molecular weight is 689 g/mol. The Hall–Kier alpha value is -1.57. The lowest BCUT2D eigenvalue weighted by molar-refractivity contribution is -0.155. The Morgan fingerprint density at radius 3 is 2.24 bits per heavy atom. The zero-order chi connectivity index (χ0) is 36.1. The second-order valence-electron chi connectivity index (χ2n) is 18.5. The second kappa shape index (κ2) is 20.0. The van der Waals surface area contributed by atoms with Crippen LogP contribution in [0, 0.1) is 52.3 Å². The summed E-state index contributed by atoms with van der Waals surface area (Å²) in [6.07, 6.45) is 40.0. The molecular formula is C48H80O2. The predicted octanol–water partition coefficient (Wildman–Crippen LogP) is 14.6. The summed E-state index contributed by atoms with van der Waals surface area (Å²) in [5.41, 5.74) is 4.36. The van der Waals surface area contributed by atoms with E-state index in [1.54, 1.807) is 5.57 Å². The van der Waals surface area contributed by atoms with Crippen molar-refractivity contribution in [3.8, 4) is 0 Å². The van der Waals surface area contributed by atoms with Gasteiger partial charge in [-0.15, -0.1) is 0 Å². The number of ether oxygens (including phenoxy) is 1. The number of rotatable bonds is 20. The molecule has 3 unspecified atom stereocenters. The monoisotopic (exact) mass is 689 g/mol. The number of hydrogen-bond donors (Lipinski definition) is 0. The largest absolute Gasteiger partial charge is 0.462 e. The molecule has 0 amide bonds. The third-order valence-electron chi connectivity index (χ3n) is 14.8. The Morgan fingerprint density at radius 1 is 0.840 bits per heavy atom. The molecule has 4 aliphatic rings. The third-order valence-corrected chi connectivity index (χ3v) is 14.8. The van der Waals surface area contributed by atoms with Crippen molar-refractivity contribution in [2.24, 2.45) is 52.3 Å². The van der Waals surface area contributed by atoms with Crippen LogP contribution >= 0.6 is 0 Å². The zero-order valence-electron chi connectivity index (χ0n) is 34.2. The second-order valence-corrected chi connectivity index (χ2v) is 18.5. The van der Waals surface area contributed by atoms with Crippen LogP contribution < -0.4 is 0 Å². The first-order chi connectivity index (χ1) is 24.0. The molecule has 0 spiro atoms. The molecule has 0 saturated heterocycles. The summed E-state index contributed by atoms with van der Waals surface area (Å²) in [6, 6.07) is 0. The number of fused-ring (bicyclic) bond motifs is 5. The molecule has 3 fully saturated rings. The van der Waals surface area contributed by atoms with Crippen molar-refractivity contribution in [2.45, 2.75) is 196 Å². The minimum absolute atomic E-state index is 0.0534. The molecule has 0 heterocycles. The van der Waals surface area contributed by atoms with E-state index in [9.17, 15) is 4.79 Å². The van der Waals surface area contributed by atoms with E-state index in [1.807, 2.05) is 5.57 Å². The van der Waals surface area contributed by atoms with E-state index in [1.165, 1.54) is 103 Å². The Balaban J connectivity index is 1.17. The van der Waals surface area contributed by atoms with E-state index in [0.717, 1.165) is 49.4 Å². The van der Waals surface area contributed by atoms with Crippen molar-refractivity contribution in [1.82, 2.24) is 0 Å². The summed E-state index contributed by atoms with van der Waals surface area (Å²) in [4.78, 5) is 13.0. The Labute approximate surface area is 310 Å². The standard InChI is InChI=1S/C48H80O2/c1-9-11-12-13-14-15-16-17-18-19-20-21-22-37(5)23-30-46(49)50-41-31-33-47(7)40(35-41)26-27-42-44-29-28-43(48(44,8)34-32-45(42)47)38(6)24-25-39(10-2)36(3)4/h10,14-15,17-18,27,36-38,40-41,43-45H,9,11-13,16,19-26,28-35H2,1-8H3/t37?,38-,40?,41?,43-,44+,45+,47+,48-/m1/s1. The van der Waals surface area contributed by atoms with Gasteiger partial charge in [0, 0.05) is 6.42 Å². The number of hydrogen-bond acceptors (Lipinski definition) is 2. The smallest absolute Gasteiger partial charge is 0.306 e. The minimum Gasteiger partial charge on any atom is -0.462 e. The molecule has 0 radical (unpaired) electrons. The Morgan fingerprint density at radius 2 is 1.54 bits per heavy atom. The van der Waals surface area contributed by atoms with Gasteiger partial charge in [0.15, 0.2) is 0 Å². The summed E-state index contributed by atoms with van der Waals surface area (Å²) in [5, 5.41) is 0. The molecular weight excluding hydrogens is 609 g/mol. The summed E-state index contributed by atoms with van der Waals surface area (Å²) in [6.45, 7) is 19.4. The molecule has 284 valence electrons. The fourth-order valence-corrected chi connectivity index (χ4v) is 11.4. The van der Waals surface area contributed by atoms with Crippen molar-refractivity contribution < 1.29 is 9.53 Å². The van der Waals surface area contributed by atoms with Gasteiger partial charge in [-0.1, -0.05) is 122 Å². The molecule has 50 heavy (non-hydrogen) atoms. The van der Waals surface area contributed by atoms with Crippen LogP contribution in [0.3, 0.4) is 0 Å². The van der Waals surface area contributed by atoms with Crippen LogP contribution in [0.2, 0.25) is 0 Å². The maximum atomic E-state index is 13.0. The summed E-state index contributed by atoms with van der Waals surface area (Å²) < 4.78 is 6.20. The molecule has 0 bridgehead atoms. The maximum Gasteiger partial charge on any atom is 0.306 e. The zero-order valence-corrected chi connectivity index (χ0v) is 34.2. The maximum absolute atomic E-state index is 13.0. The predicted molar refractivity (Wildman–Crippen MR) is 216 cm³/mol. The first-order valence-electron chi connectivity index (χ1n) is 21.9. The van der Waals surface area contributed by atoms with Gasteiger partial charge >= 0.3 is 5.97 Å². The van der Waals surface area contributed by atoms with E-state index in [0.29, 0.717) is 35.0 Å². The van der Waals surface area contributed by atoms with E-state index in [-0.39, 0.29) is 12.1 Å². The van der Waals surface area contributed by atoms with Crippen molar-refractivity contribution in [2.75, 3.05) is 0 Å². The van der Waals surface area contributed by atoms with E-state index < -0.39 is 0 Å². The normalized spacial score (nSPS) is 32.5. The van der Waals surface area contributed by atoms with Crippen molar-refractivity contribution in [3.63, 3.8) is 0 Å². The summed E-state index contributed by atoms with van der Waals surface area (Å²) in [7, 11) is 0. The molecule has 2 nitrogen and oxygen atoms in total. The van der Waals surface area contributed by atoms with Crippen LogP contribution in [-0.4, -0.2) is 12.1 Å². The molecule has 0 aromatic rings. The molecule has 3 saturated carbocycles. The number of carbonyl (C=O) groups excluding carboxylic acids is 1. The van der Waals surface area contributed by atoms with Gasteiger partial charge in [-0.25, -0.2) is 0 Å². The topological polar surface area (TPSA) is 26.3 Å². The number of carbonyl (C=O) groups is 1. The fourth-order valence-electron chi connectivity index (χ4n) is 11.4. The molecule has 0 aromatic heterocycles. The Bertz CT molecular complexity index is 1150. The number of esters is 1. The van der Waals surface area contributed by atoms with Gasteiger partial charge in [0.1, 0.15) is 6.10 Å². The lowest BCUT2D eigenvalue weighted by Crippen LogP contribution is -2.50. The minimum atomic E-state index is 0.0534. The highest BCUT2D eigenvalue weighted by Gasteiger charge is 2.58. The lowest BCUT2D eigenvalue weighted by atomic mass is 9.47. The molecule has 4 aliphatic carbocycles. The van der Waals surface area contributed by atoms with E-state index in [4.69, 9.17) is 4.74 Å². The number of unbranched alkanes of at least 4 members (excludes halogenated alkanes) is 5. The van der Waals surface area contributed by atoms with Crippen molar-refractivity contribution in [1.29, 1.82) is 0 Å². The molecule has 2 heteroatoms. The highest BCUT2D eigenvalue weighted by molar-refractivity contribution is 5.69. The summed E-state index contributed by atoms with van der Waals surface area (Å²) >= 11 is 0. The summed E-state index contributed by atoms with van der Waals surface area (Å²) in [5.74, 6) is 5.19. The van der Waals surface area contributed by atoms with Crippen molar-refractivity contribution in [3.05, 3.63) is 47.6 Å². The fraction of sp³-hybridized carbons (Fsp3) is 0.812. The van der Waals surface area contributed by atoms with Gasteiger partial charge in [-0.05, 0) is 162 Å². The highest BCUT2D eigenvalue weighted by Crippen LogP contribution is 2.67. The molecule has 0 aliphatic heterocycles. The van der Waals surface area contributed by atoms with Crippen LogP contribution in [0.1, 0.15) is 190 Å². The molecule has 9 atom stereocenters. The quantitative estimate of drug-likeness (QED) is 0.0723. The third kappa shape index (κ3) is 10.7. The molecule has 0 N–H and O–H groups in total.